The number of nitrogens with zero attached hydrogens (tertiary/aromatic N) is 2. The fourth-order valence-corrected chi connectivity index (χ4v) is 2.14. The summed E-state index contributed by atoms with van der Waals surface area (Å²) in [6, 6.07) is 8.74. The molecule has 144 valence electrons. The van der Waals surface area contributed by atoms with Gasteiger partial charge in [0, 0.05) is 40.0 Å². The second-order valence-corrected chi connectivity index (χ2v) is 6.75. The van der Waals surface area contributed by atoms with E-state index >= 15 is 0 Å². The van der Waals surface area contributed by atoms with Crippen molar-refractivity contribution in [3.05, 3.63) is 29.8 Å². The second kappa shape index (κ2) is 12.4. The Morgan fingerprint density at radius 3 is 2.32 bits per heavy atom. The second-order valence-electron chi connectivity index (χ2n) is 6.75. The minimum Gasteiger partial charge on any atom is -0.378 e. The summed E-state index contributed by atoms with van der Waals surface area (Å²) in [4.78, 5) is 6.71. The van der Waals surface area contributed by atoms with Crippen molar-refractivity contribution in [2.45, 2.75) is 39.2 Å². The van der Waals surface area contributed by atoms with E-state index < -0.39 is 0 Å². The van der Waals surface area contributed by atoms with E-state index in [2.05, 4.69) is 65.8 Å². The first-order valence-corrected chi connectivity index (χ1v) is 8.71. The quantitative estimate of drug-likeness (QED) is 0.256. The van der Waals surface area contributed by atoms with Crippen LogP contribution in [0.4, 0.5) is 5.69 Å². The number of nitrogens with one attached hydrogen (secondary N) is 2. The molecule has 0 spiro atoms. The minimum absolute atomic E-state index is 0. The van der Waals surface area contributed by atoms with Crippen molar-refractivity contribution in [1.29, 1.82) is 0 Å². The number of hydrogen-bond acceptors (Lipinski definition) is 3. The lowest BCUT2D eigenvalue weighted by molar-refractivity contribution is 0.0310. The Balaban J connectivity index is 0.00000576. The van der Waals surface area contributed by atoms with Gasteiger partial charge in [-0.3, -0.25) is 4.99 Å². The van der Waals surface area contributed by atoms with Crippen molar-refractivity contribution in [2.24, 2.45) is 4.99 Å². The van der Waals surface area contributed by atoms with Gasteiger partial charge in [0.2, 0.25) is 0 Å². The minimum atomic E-state index is -0.240. The number of anilines is 1. The number of methoxy groups -OCH3 is 1. The third kappa shape index (κ3) is 9.89. The summed E-state index contributed by atoms with van der Waals surface area (Å²) in [6.45, 7) is 8.53. The highest BCUT2D eigenvalue weighted by atomic mass is 127. The normalized spacial score (nSPS) is 11.7. The first-order chi connectivity index (χ1) is 11.4. The van der Waals surface area contributed by atoms with Gasteiger partial charge in [-0.1, -0.05) is 12.1 Å². The van der Waals surface area contributed by atoms with Gasteiger partial charge in [0.1, 0.15) is 0 Å². The van der Waals surface area contributed by atoms with Gasteiger partial charge >= 0.3 is 0 Å². The molecule has 0 unspecified atom stereocenters. The van der Waals surface area contributed by atoms with Crippen molar-refractivity contribution >= 4 is 35.6 Å². The maximum atomic E-state index is 5.41. The number of aliphatic imine (C=N–C) groups is 1. The molecule has 0 saturated carbocycles. The van der Waals surface area contributed by atoms with Crippen LogP contribution in [-0.4, -0.2) is 52.4 Å². The molecule has 25 heavy (non-hydrogen) atoms. The molecule has 1 aromatic rings. The zero-order valence-corrected chi connectivity index (χ0v) is 18.9. The number of ether oxygens (including phenoxy) is 1. The van der Waals surface area contributed by atoms with Crippen molar-refractivity contribution in [1.82, 2.24) is 10.6 Å². The number of aryl methyl sites for hydroxylation is 1. The molecule has 0 radical (unpaired) electrons. The molecule has 0 saturated heterocycles. The molecule has 0 bridgehead atoms. The summed E-state index contributed by atoms with van der Waals surface area (Å²) >= 11 is 0. The third-order valence-electron chi connectivity index (χ3n) is 3.90. The molecule has 5 nitrogen and oxygen atoms in total. The molecule has 0 heterocycles. The van der Waals surface area contributed by atoms with E-state index in [9.17, 15) is 0 Å². The molecule has 6 heteroatoms. The molecular weight excluding hydrogens is 427 g/mol. The maximum absolute atomic E-state index is 5.41. The first-order valence-electron chi connectivity index (χ1n) is 8.71. The van der Waals surface area contributed by atoms with Crippen LogP contribution in [-0.2, 0) is 11.2 Å². The average Bonchev–Trinajstić information content (AvgIpc) is 2.57. The third-order valence-corrected chi connectivity index (χ3v) is 3.90. The Hall–Kier alpha value is -1.02. The van der Waals surface area contributed by atoms with Crippen LogP contribution in [0.1, 0.15) is 32.8 Å². The highest BCUT2D eigenvalue weighted by Crippen LogP contribution is 2.13. The van der Waals surface area contributed by atoms with Gasteiger partial charge in [-0.25, -0.2) is 0 Å². The molecule has 0 aromatic heterocycles. The van der Waals surface area contributed by atoms with E-state index in [1.807, 2.05) is 13.8 Å². The van der Waals surface area contributed by atoms with Gasteiger partial charge in [0.05, 0.1) is 12.1 Å². The average molecular weight is 462 g/mol. The molecule has 0 amide bonds. The molecule has 1 aromatic carbocycles. The molecular formula is C19H35IN4O. The lowest BCUT2D eigenvalue weighted by atomic mass is 10.1. The van der Waals surface area contributed by atoms with Crippen LogP contribution in [0.3, 0.4) is 0 Å². The smallest absolute Gasteiger partial charge is 0.191 e. The number of benzene rings is 1. The van der Waals surface area contributed by atoms with Crippen molar-refractivity contribution in [3.8, 4) is 0 Å². The standard InChI is InChI=1S/C19H34N4O.HI/c1-7-20-18(22-15-19(2,3)24-6)21-14-8-9-16-10-12-17(13-11-16)23(4)5;/h10-13H,7-9,14-15H2,1-6H3,(H2,20,21,22);1H. The predicted octanol–water partition coefficient (Wildman–Crippen LogP) is 3.28. The number of guanidine groups is 1. The van der Waals surface area contributed by atoms with Crippen LogP contribution in [0.2, 0.25) is 0 Å². The summed E-state index contributed by atoms with van der Waals surface area (Å²) in [5.41, 5.74) is 2.36. The molecule has 1 rings (SSSR count). The van der Waals surface area contributed by atoms with Gasteiger partial charge in [0.25, 0.3) is 0 Å². The summed E-state index contributed by atoms with van der Waals surface area (Å²) < 4.78 is 5.41. The van der Waals surface area contributed by atoms with Gasteiger partial charge in [0.15, 0.2) is 5.96 Å². The molecule has 0 aliphatic rings. The van der Waals surface area contributed by atoms with E-state index in [-0.39, 0.29) is 29.6 Å². The van der Waals surface area contributed by atoms with Crippen LogP contribution in [0, 0.1) is 0 Å². The SMILES string of the molecule is CCNC(=NCC(C)(C)OC)NCCCc1ccc(N(C)C)cc1.I. The van der Waals surface area contributed by atoms with Crippen molar-refractivity contribution in [3.63, 3.8) is 0 Å². The van der Waals surface area contributed by atoms with Gasteiger partial charge < -0.3 is 20.3 Å². The zero-order valence-electron chi connectivity index (χ0n) is 16.6. The number of hydrogen-bond donors (Lipinski definition) is 2. The Labute approximate surface area is 170 Å². The van der Waals surface area contributed by atoms with Crippen molar-refractivity contribution in [2.75, 3.05) is 45.7 Å². The Bertz CT molecular complexity index is 501. The Kier molecular flexibility index (Phi) is 11.8. The zero-order chi connectivity index (χ0) is 18.0. The highest BCUT2D eigenvalue weighted by molar-refractivity contribution is 14.0. The molecule has 0 fully saturated rings. The van der Waals surface area contributed by atoms with Crippen LogP contribution in [0.15, 0.2) is 29.3 Å². The van der Waals surface area contributed by atoms with E-state index in [0.29, 0.717) is 6.54 Å². The summed E-state index contributed by atoms with van der Waals surface area (Å²) in [7, 11) is 5.84. The fraction of sp³-hybridized carbons (Fsp3) is 0.632. The maximum Gasteiger partial charge on any atom is 0.191 e. The van der Waals surface area contributed by atoms with E-state index in [1.165, 1.54) is 11.3 Å². The number of halogens is 1. The van der Waals surface area contributed by atoms with E-state index in [4.69, 9.17) is 4.74 Å². The van der Waals surface area contributed by atoms with Gasteiger partial charge in [-0.15, -0.1) is 24.0 Å². The van der Waals surface area contributed by atoms with E-state index in [0.717, 1.165) is 31.9 Å². The van der Waals surface area contributed by atoms with E-state index in [1.54, 1.807) is 7.11 Å². The lowest BCUT2D eigenvalue weighted by Crippen LogP contribution is -2.39. The Morgan fingerprint density at radius 1 is 1.16 bits per heavy atom. The molecule has 0 atom stereocenters. The van der Waals surface area contributed by atoms with Gasteiger partial charge in [-0.05, 0) is 51.3 Å². The predicted molar refractivity (Wildman–Crippen MR) is 120 cm³/mol. The fourth-order valence-electron chi connectivity index (χ4n) is 2.14. The molecule has 2 N–H and O–H groups in total. The summed E-state index contributed by atoms with van der Waals surface area (Å²) in [5.74, 6) is 0.852. The number of rotatable bonds is 9. The monoisotopic (exact) mass is 462 g/mol. The Morgan fingerprint density at radius 2 is 1.80 bits per heavy atom. The van der Waals surface area contributed by atoms with Crippen molar-refractivity contribution < 1.29 is 4.74 Å². The lowest BCUT2D eigenvalue weighted by Gasteiger charge is -2.21. The highest BCUT2D eigenvalue weighted by Gasteiger charge is 2.15. The van der Waals surface area contributed by atoms with Crippen LogP contribution in [0.5, 0.6) is 0 Å². The molecule has 0 aliphatic heterocycles. The first kappa shape index (κ1) is 24.0. The largest absolute Gasteiger partial charge is 0.378 e. The van der Waals surface area contributed by atoms with Crippen LogP contribution >= 0.6 is 24.0 Å². The topological polar surface area (TPSA) is 48.9 Å². The van der Waals surface area contributed by atoms with Gasteiger partial charge in [-0.2, -0.15) is 0 Å². The summed E-state index contributed by atoms with van der Waals surface area (Å²) in [6.07, 6.45) is 2.13. The summed E-state index contributed by atoms with van der Waals surface area (Å²) in [5, 5.41) is 6.67. The van der Waals surface area contributed by atoms with Crippen LogP contribution < -0.4 is 15.5 Å². The molecule has 0 aliphatic carbocycles. The van der Waals surface area contributed by atoms with Crippen LogP contribution in [0.25, 0.3) is 0 Å².